The number of anilines is 2. The van der Waals surface area contributed by atoms with E-state index in [0.717, 1.165) is 57.7 Å². The van der Waals surface area contributed by atoms with Crippen molar-refractivity contribution in [2.45, 2.75) is 38.3 Å². The van der Waals surface area contributed by atoms with Gasteiger partial charge in [-0.1, -0.05) is 18.5 Å². The van der Waals surface area contributed by atoms with Crippen LogP contribution in [0.25, 0.3) is 5.69 Å². The van der Waals surface area contributed by atoms with Gasteiger partial charge < -0.3 is 20.9 Å². The lowest BCUT2D eigenvalue weighted by Crippen LogP contribution is -2.58. The molecule has 0 aliphatic carbocycles. The standard InChI is InChI=1S/C27H34ClN9O2/c1-3-19-17-35(25-23(28)32-22(24(29)33-25)26(38)30-2)15-16-36(19)20-9-13-34(14-10-20)27(39)18-5-7-21(8-6-18)37-12-4-11-31-37/h4-8,11-12,19-20H,3,9-10,13-17H2,1-2H3,(H2,29,33)(H,30,38)/t19-/m0/s1. The summed E-state index contributed by atoms with van der Waals surface area (Å²) in [6, 6.07) is 10.2. The van der Waals surface area contributed by atoms with Crippen molar-refractivity contribution in [2.75, 3.05) is 50.4 Å². The predicted molar refractivity (Wildman–Crippen MR) is 150 cm³/mol. The molecule has 2 saturated heterocycles. The molecule has 2 fully saturated rings. The summed E-state index contributed by atoms with van der Waals surface area (Å²) in [5.74, 6) is 0.236. The Balaban J connectivity index is 1.19. The lowest BCUT2D eigenvalue weighted by molar-refractivity contribution is 0.0490. The second kappa shape index (κ2) is 11.6. The maximum atomic E-state index is 13.2. The van der Waals surface area contributed by atoms with E-state index >= 15 is 0 Å². The van der Waals surface area contributed by atoms with Crippen LogP contribution in [0.4, 0.5) is 11.6 Å². The van der Waals surface area contributed by atoms with Crippen LogP contribution in [0, 0.1) is 0 Å². The number of likely N-dealkylation sites (tertiary alicyclic amines) is 1. The van der Waals surface area contributed by atoms with E-state index in [1.165, 1.54) is 7.05 Å². The van der Waals surface area contributed by atoms with E-state index in [2.05, 4.69) is 37.1 Å². The molecule has 3 N–H and O–H groups in total. The number of rotatable bonds is 6. The number of nitrogens with one attached hydrogen (secondary N) is 1. The van der Waals surface area contributed by atoms with E-state index in [-0.39, 0.29) is 22.6 Å². The first-order chi connectivity index (χ1) is 18.9. The number of hydrogen-bond donors (Lipinski definition) is 2. The first-order valence-electron chi connectivity index (χ1n) is 13.3. The van der Waals surface area contributed by atoms with Crippen molar-refractivity contribution in [1.29, 1.82) is 0 Å². The van der Waals surface area contributed by atoms with Crippen molar-refractivity contribution >= 4 is 35.1 Å². The van der Waals surface area contributed by atoms with Crippen LogP contribution in [-0.4, -0.2) is 93.2 Å². The van der Waals surface area contributed by atoms with Crippen molar-refractivity contribution in [3.8, 4) is 5.69 Å². The third-order valence-corrected chi connectivity index (χ3v) is 7.96. The number of nitrogens with zero attached hydrogens (tertiary/aromatic N) is 7. The molecule has 3 aromatic rings. The number of carbonyl (C=O) groups excluding carboxylic acids is 2. The Hall–Kier alpha value is -3.70. The van der Waals surface area contributed by atoms with Crippen LogP contribution in [-0.2, 0) is 0 Å². The molecule has 1 atom stereocenters. The number of nitrogens with two attached hydrogens (primary N) is 1. The average molecular weight is 552 g/mol. The fourth-order valence-electron chi connectivity index (χ4n) is 5.57. The maximum absolute atomic E-state index is 13.2. The van der Waals surface area contributed by atoms with Crippen LogP contribution in [0.2, 0.25) is 5.15 Å². The van der Waals surface area contributed by atoms with E-state index in [1.807, 2.05) is 41.4 Å². The van der Waals surface area contributed by atoms with Crippen LogP contribution in [0.15, 0.2) is 42.7 Å². The zero-order valence-electron chi connectivity index (χ0n) is 22.3. The smallest absolute Gasteiger partial charge is 0.273 e. The van der Waals surface area contributed by atoms with Gasteiger partial charge in [0.05, 0.1) is 5.69 Å². The Morgan fingerprint density at radius 1 is 1.10 bits per heavy atom. The SMILES string of the molecule is CC[C@H]1CN(c2nc(N)c(C(=O)NC)nc2Cl)CCN1C1CCN(C(=O)c2ccc(-n3cccn3)cc2)CC1. The van der Waals surface area contributed by atoms with Gasteiger partial charge in [0.25, 0.3) is 11.8 Å². The Bertz CT molecular complexity index is 1310. The molecule has 39 heavy (non-hydrogen) atoms. The number of benzene rings is 1. The Morgan fingerprint density at radius 2 is 1.85 bits per heavy atom. The van der Waals surface area contributed by atoms with Gasteiger partial charge in [-0.15, -0.1) is 0 Å². The van der Waals surface area contributed by atoms with Gasteiger partial charge in [-0.2, -0.15) is 5.10 Å². The van der Waals surface area contributed by atoms with Crippen molar-refractivity contribution in [3.05, 3.63) is 59.1 Å². The molecule has 2 aromatic heterocycles. The van der Waals surface area contributed by atoms with Gasteiger partial charge in [0.2, 0.25) is 0 Å². The highest BCUT2D eigenvalue weighted by atomic mass is 35.5. The highest BCUT2D eigenvalue weighted by Crippen LogP contribution is 2.30. The van der Waals surface area contributed by atoms with E-state index < -0.39 is 5.91 Å². The molecule has 12 heteroatoms. The van der Waals surface area contributed by atoms with E-state index in [0.29, 0.717) is 23.5 Å². The second-order valence-corrected chi connectivity index (χ2v) is 10.3. The average Bonchev–Trinajstić information content (AvgIpc) is 3.52. The summed E-state index contributed by atoms with van der Waals surface area (Å²) in [5.41, 5.74) is 7.69. The number of hydrogen-bond acceptors (Lipinski definition) is 8. The Labute approximate surface area is 232 Å². The molecule has 0 bridgehead atoms. The zero-order valence-corrected chi connectivity index (χ0v) is 23.0. The molecular weight excluding hydrogens is 518 g/mol. The fourth-order valence-corrected chi connectivity index (χ4v) is 5.82. The summed E-state index contributed by atoms with van der Waals surface area (Å²) in [7, 11) is 1.51. The quantitative estimate of drug-likeness (QED) is 0.478. The summed E-state index contributed by atoms with van der Waals surface area (Å²) < 4.78 is 1.78. The summed E-state index contributed by atoms with van der Waals surface area (Å²) >= 11 is 6.44. The second-order valence-electron chi connectivity index (χ2n) is 9.92. The topological polar surface area (TPSA) is 126 Å². The van der Waals surface area contributed by atoms with E-state index in [4.69, 9.17) is 17.3 Å². The minimum Gasteiger partial charge on any atom is -0.382 e. The highest BCUT2D eigenvalue weighted by Gasteiger charge is 2.35. The number of halogens is 1. The van der Waals surface area contributed by atoms with Gasteiger partial charge in [-0.3, -0.25) is 14.5 Å². The largest absolute Gasteiger partial charge is 0.382 e. The number of piperazine rings is 1. The molecule has 206 valence electrons. The summed E-state index contributed by atoms with van der Waals surface area (Å²) in [6.45, 7) is 5.96. The van der Waals surface area contributed by atoms with Gasteiger partial charge >= 0.3 is 0 Å². The third kappa shape index (κ3) is 5.55. The van der Waals surface area contributed by atoms with Crippen molar-refractivity contribution in [3.63, 3.8) is 0 Å². The molecule has 1 aromatic carbocycles. The molecule has 0 unspecified atom stereocenters. The summed E-state index contributed by atoms with van der Waals surface area (Å²) in [4.78, 5) is 40.4. The van der Waals surface area contributed by atoms with E-state index in [9.17, 15) is 9.59 Å². The molecule has 0 radical (unpaired) electrons. The lowest BCUT2D eigenvalue weighted by atomic mass is 9.97. The summed E-state index contributed by atoms with van der Waals surface area (Å²) in [5, 5.41) is 6.92. The van der Waals surface area contributed by atoms with Gasteiger partial charge in [-0.25, -0.2) is 14.6 Å². The van der Waals surface area contributed by atoms with Crippen molar-refractivity contribution in [1.82, 2.24) is 34.9 Å². The molecule has 0 spiro atoms. The maximum Gasteiger partial charge on any atom is 0.273 e. The molecule has 5 rings (SSSR count). The van der Waals surface area contributed by atoms with Gasteiger partial charge in [0, 0.05) is 69.8 Å². The minimum absolute atomic E-state index is 0.0343. The number of piperidine rings is 1. The lowest BCUT2D eigenvalue weighted by Gasteiger charge is -2.47. The van der Waals surface area contributed by atoms with Crippen LogP contribution >= 0.6 is 11.6 Å². The molecule has 2 amide bonds. The number of carbonyl (C=O) groups is 2. The third-order valence-electron chi connectivity index (χ3n) is 7.71. The van der Waals surface area contributed by atoms with Crippen molar-refractivity contribution < 1.29 is 9.59 Å². The number of amides is 2. The fraction of sp³-hybridized carbons (Fsp3) is 0.444. The summed E-state index contributed by atoms with van der Waals surface area (Å²) in [6.07, 6.45) is 6.45. The molecule has 11 nitrogen and oxygen atoms in total. The first-order valence-corrected chi connectivity index (χ1v) is 13.7. The van der Waals surface area contributed by atoms with Crippen molar-refractivity contribution in [2.24, 2.45) is 0 Å². The predicted octanol–water partition coefficient (Wildman–Crippen LogP) is 2.46. The van der Waals surface area contributed by atoms with Gasteiger partial charge in [-0.05, 0) is 49.6 Å². The van der Waals surface area contributed by atoms with Crippen LogP contribution < -0.4 is 16.0 Å². The zero-order chi connectivity index (χ0) is 27.5. The normalized spacial score (nSPS) is 18.8. The van der Waals surface area contributed by atoms with Crippen LogP contribution in [0.5, 0.6) is 0 Å². The molecule has 2 aliphatic rings. The van der Waals surface area contributed by atoms with E-state index in [1.54, 1.807) is 10.9 Å². The first kappa shape index (κ1) is 26.9. The monoisotopic (exact) mass is 551 g/mol. The molecule has 2 aliphatic heterocycles. The van der Waals surface area contributed by atoms with Crippen LogP contribution in [0.3, 0.4) is 0 Å². The highest BCUT2D eigenvalue weighted by molar-refractivity contribution is 6.32. The van der Waals surface area contributed by atoms with Crippen LogP contribution in [0.1, 0.15) is 47.0 Å². The van der Waals surface area contributed by atoms with Gasteiger partial charge in [0.15, 0.2) is 22.5 Å². The Kier molecular flexibility index (Phi) is 7.99. The number of nitrogen functional groups attached to an aromatic ring is 1. The molecule has 0 saturated carbocycles. The Morgan fingerprint density at radius 3 is 2.49 bits per heavy atom. The van der Waals surface area contributed by atoms with Gasteiger partial charge in [0.1, 0.15) is 0 Å². The molecule has 4 heterocycles. The molecular formula is C27H34ClN9O2. The number of aromatic nitrogens is 4. The minimum atomic E-state index is -0.416.